The van der Waals surface area contributed by atoms with Crippen LogP contribution in [0.5, 0.6) is 0 Å². The van der Waals surface area contributed by atoms with Gasteiger partial charge in [-0.15, -0.1) is 11.3 Å². The predicted molar refractivity (Wildman–Crippen MR) is 98.7 cm³/mol. The molecule has 0 radical (unpaired) electrons. The number of benzene rings is 1. The van der Waals surface area contributed by atoms with Gasteiger partial charge in [-0.05, 0) is 29.6 Å². The molecule has 1 amide bonds. The molecule has 136 valence electrons. The van der Waals surface area contributed by atoms with E-state index in [0.717, 1.165) is 11.1 Å². The number of carbonyl (C=O) groups excluding carboxylic acids is 1. The fourth-order valence-corrected chi connectivity index (χ4v) is 3.53. The van der Waals surface area contributed by atoms with Crippen molar-refractivity contribution in [2.24, 2.45) is 0 Å². The number of nitrogens with zero attached hydrogens (tertiary/aromatic N) is 2. The zero-order valence-corrected chi connectivity index (χ0v) is 15.8. The normalized spacial score (nSPS) is 11.3. The van der Waals surface area contributed by atoms with Crippen molar-refractivity contribution in [3.8, 4) is 10.7 Å². The molecule has 0 atom stereocenters. The highest BCUT2D eigenvalue weighted by atomic mass is 35.5. The van der Waals surface area contributed by atoms with Gasteiger partial charge in [0, 0.05) is 5.69 Å². The number of anilines is 1. The second-order valence-electron chi connectivity index (χ2n) is 5.24. The molecule has 2 heterocycles. The molecule has 0 unspecified atom stereocenters. The van der Waals surface area contributed by atoms with Crippen molar-refractivity contribution >= 4 is 44.6 Å². The van der Waals surface area contributed by atoms with Crippen molar-refractivity contribution in [3.05, 3.63) is 52.2 Å². The Morgan fingerprint density at radius 3 is 2.81 bits per heavy atom. The maximum atomic E-state index is 12.2. The van der Waals surface area contributed by atoms with Gasteiger partial charge in [0.05, 0.1) is 28.3 Å². The number of carbonyl (C=O) groups is 1. The van der Waals surface area contributed by atoms with Gasteiger partial charge in [0.1, 0.15) is 0 Å². The van der Waals surface area contributed by atoms with Crippen molar-refractivity contribution in [1.29, 1.82) is 0 Å². The lowest BCUT2D eigenvalue weighted by molar-refractivity contribution is 0.0946. The molecule has 11 heteroatoms. The number of hydrogen-bond acceptors (Lipinski definition) is 7. The number of thiophene rings is 1. The zero-order valence-electron chi connectivity index (χ0n) is 13.4. The summed E-state index contributed by atoms with van der Waals surface area (Å²) in [7, 11) is -3.43. The number of nitrogens with one attached hydrogen (secondary N) is 2. The van der Waals surface area contributed by atoms with E-state index in [9.17, 15) is 13.2 Å². The van der Waals surface area contributed by atoms with Crippen LogP contribution in [-0.2, 0) is 16.6 Å². The van der Waals surface area contributed by atoms with Gasteiger partial charge >= 0.3 is 0 Å². The monoisotopic (exact) mass is 412 g/mol. The van der Waals surface area contributed by atoms with Crippen LogP contribution in [0.2, 0.25) is 5.02 Å². The van der Waals surface area contributed by atoms with E-state index in [1.807, 2.05) is 17.5 Å². The molecule has 0 saturated carbocycles. The van der Waals surface area contributed by atoms with Crippen LogP contribution >= 0.6 is 22.9 Å². The minimum absolute atomic E-state index is 0.0386. The average molecular weight is 413 g/mol. The van der Waals surface area contributed by atoms with E-state index < -0.39 is 15.9 Å². The van der Waals surface area contributed by atoms with E-state index in [1.165, 1.54) is 29.5 Å². The number of rotatable bonds is 6. The minimum Gasteiger partial charge on any atom is -0.343 e. The molecule has 0 aliphatic heterocycles. The molecule has 0 fully saturated rings. The third-order valence-corrected chi connectivity index (χ3v) is 4.91. The second-order valence-corrected chi connectivity index (χ2v) is 8.34. The Kier molecular flexibility index (Phi) is 5.25. The van der Waals surface area contributed by atoms with E-state index >= 15 is 0 Å². The first-order valence-electron chi connectivity index (χ1n) is 7.24. The van der Waals surface area contributed by atoms with Crippen molar-refractivity contribution in [2.75, 3.05) is 11.0 Å². The van der Waals surface area contributed by atoms with Crippen molar-refractivity contribution in [3.63, 3.8) is 0 Å². The summed E-state index contributed by atoms with van der Waals surface area (Å²) >= 11 is 7.54. The third kappa shape index (κ3) is 4.59. The summed E-state index contributed by atoms with van der Waals surface area (Å²) in [6.07, 6.45) is 1.02. The van der Waals surface area contributed by atoms with Crippen molar-refractivity contribution in [1.82, 2.24) is 15.5 Å². The quantitative estimate of drug-likeness (QED) is 0.643. The van der Waals surface area contributed by atoms with Crippen LogP contribution < -0.4 is 10.0 Å². The molecule has 3 aromatic rings. The van der Waals surface area contributed by atoms with E-state index in [2.05, 4.69) is 20.2 Å². The van der Waals surface area contributed by atoms with Crippen LogP contribution in [0.15, 0.2) is 40.2 Å². The SMILES string of the molecule is CS(=O)(=O)Nc1ccc(C(=O)NCc2nc(-c3cccs3)no2)c(Cl)c1. The van der Waals surface area contributed by atoms with Gasteiger partial charge in [-0.3, -0.25) is 9.52 Å². The molecule has 0 aliphatic carbocycles. The maximum Gasteiger partial charge on any atom is 0.253 e. The van der Waals surface area contributed by atoms with Gasteiger partial charge in [-0.2, -0.15) is 4.98 Å². The Balaban J connectivity index is 1.65. The highest BCUT2D eigenvalue weighted by Gasteiger charge is 2.14. The van der Waals surface area contributed by atoms with Crippen molar-refractivity contribution in [2.45, 2.75) is 6.54 Å². The van der Waals surface area contributed by atoms with Gasteiger partial charge in [0.15, 0.2) is 0 Å². The molecule has 0 saturated heterocycles. The summed E-state index contributed by atoms with van der Waals surface area (Å²) in [6, 6.07) is 7.98. The van der Waals surface area contributed by atoms with Gasteiger partial charge in [0.25, 0.3) is 5.91 Å². The first kappa shape index (κ1) is 18.4. The molecule has 0 bridgehead atoms. The van der Waals surface area contributed by atoms with Crippen LogP contribution in [0.3, 0.4) is 0 Å². The van der Waals surface area contributed by atoms with Gasteiger partial charge in [-0.1, -0.05) is 22.8 Å². The summed E-state index contributed by atoms with van der Waals surface area (Å²) in [5.74, 6) is 0.267. The van der Waals surface area contributed by atoms with Gasteiger partial charge < -0.3 is 9.84 Å². The summed E-state index contributed by atoms with van der Waals surface area (Å²) in [6.45, 7) is 0.0386. The largest absolute Gasteiger partial charge is 0.343 e. The van der Waals surface area contributed by atoms with Crippen molar-refractivity contribution < 1.29 is 17.7 Å². The molecule has 0 spiro atoms. The fraction of sp³-hybridized carbons (Fsp3) is 0.133. The van der Waals surface area contributed by atoms with E-state index in [0.29, 0.717) is 5.82 Å². The Morgan fingerprint density at radius 2 is 2.15 bits per heavy atom. The lowest BCUT2D eigenvalue weighted by Gasteiger charge is -2.08. The van der Waals surface area contributed by atoms with Crippen LogP contribution in [0, 0.1) is 0 Å². The number of halogens is 1. The highest BCUT2D eigenvalue weighted by Crippen LogP contribution is 2.23. The van der Waals surface area contributed by atoms with E-state index in [4.69, 9.17) is 16.1 Å². The Labute approximate surface area is 158 Å². The summed E-state index contributed by atoms with van der Waals surface area (Å²) < 4.78 is 29.8. The molecular formula is C15H13ClN4O4S2. The Bertz CT molecular complexity index is 1030. The number of amides is 1. The Hall–Kier alpha value is -2.43. The average Bonchev–Trinajstić information content (AvgIpc) is 3.22. The summed E-state index contributed by atoms with van der Waals surface area (Å²) in [4.78, 5) is 17.3. The van der Waals surface area contributed by atoms with E-state index in [-0.39, 0.29) is 28.7 Å². The number of aromatic nitrogens is 2. The molecule has 3 rings (SSSR count). The fourth-order valence-electron chi connectivity index (χ4n) is 2.06. The number of sulfonamides is 1. The molecule has 1 aromatic carbocycles. The first-order chi connectivity index (χ1) is 12.3. The first-order valence-corrected chi connectivity index (χ1v) is 10.4. The second kappa shape index (κ2) is 7.44. The molecule has 8 nitrogen and oxygen atoms in total. The standard InChI is InChI=1S/C15H13ClN4O4S2/c1-26(22,23)20-9-4-5-10(11(16)7-9)15(21)17-8-13-18-14(19-24-13)12-3-2-6-25-12/h2-7,20H,8H2,1H3,(H,17,21). The molecule has 0 aliphatic rings. The molecule has 2 aromatic heterocycles. The Morgan fingerprint density at radius 1 is 1.35 bits per heavy atom. The highest BCUT2D eigenvalue weighted by molar-refractivity contribution is 7.92. The van der Waals surface area contributed by atoms with Gasteiger partial charge in [-0.25, -0.2) is 8.42 Å². The lowest BCUT2D eigenvalue weighted by atomic mass is 10.2. The van der Waals surface area contributed by atoms with E-state index in [1.54, 1.807) is 0 Å². The lowest BCUT2D eigenvalue weighted by Crippen LogP contribution is -2.23. The zero-order chi connectivity index (χ0) is 18.7. The van der Waals surface area contributed by atoms with Crippen LogP contribution in [-0.4, -0.2) is 30.7 Å². The van der Waals surface area contributed by atoms with Gasteiger partial charge in [0.2, 0.25) is 21.7 Å². The predicted octanol–water partition coefficient (Wildman–Crippen LogP) is 2.75. The molecule has 26 heavy (non-hydrogen) atoms. The maximum absolute atomic E-state index is 12.2. The topological polar surface area (TPSA) is 114 Å². The van der Waals surface area contributed by atoms with Crippen LogP contribution in [0.4, 0.5) is 5.69 Å². The third-order valence-electron chi connectivity index (χ3n) is 3.13. The molecule has 2 N–H and O–H groups in total. The summed E-state index contributed by atoms with van der Waals surface area (Å²) in [5.41, 5.74) is 0.468. The smallest absolute Gasteiger partial charge is 0.253 e. The van der Waals surface area contributed by atoms with Crippen LogP contribution in [0.25, 0.3) is 10.7 Å². The number of hydrogen-bond donors (Lipinski definition) is 2. The molecular weight excluding hydrogens is 400 g/mol. The minimum atomic E-state index is -3.43. The summed E-state index contributed by atoms with van der Waals surface area (Å²) in [5, 5.41) is 8.49. The van der Waals surface area contributed by atoms with Crippen LogP contribution in [0.1, 0.15) is 16.2 Å².